The fourth-order valence-corrected chi connectivity index (χ4v) is 8.10. The highest BCUT2D eigenvalue weighted by Crippen LogP contribution is 2.30. The number of H-pyrrole nitrogens is 1. The Kier molecular flexibility index (Phi) is 16.5. The van der Waals surface area contributed by atoms with Crippen LogP contribution in [0.2, 0.25) is 0 Å². The number of carbonyl (C=O) groups is 3. The molecule has 1 aliphatic carbocycles. The number of sulfone groups is 1. The Bertz CT molecular complexity index is 1420. The molecule has 0 spiro atoms. The second kappa shape index (κ2) is 20.0. The maximum absolute atomic E-state index is 14.2. The van der Waals surface area contributed by atoms with Crippen LogP contribution >= 0.6 is 0 Å². The summed E-state index contributed by atoms with van der Waals surface area (Å²) in [6, 6.07) is 8.24. The number of unbranched alkanes of at least 4 members (excludes halogenated alkanes) is 1. The molecule has 1 fully saturated rings. The predicted molar refractivity (Wildman–Crippen MR) is 200 cm³/mol. The fraction of sp³-hybridized carbons (Fsp3) is 0.692. The molecule has 11 heteroatoms. The minimum atomic E-state index is -3.65. The van der Waals surface area contributed by atoms with Gasteiger partial charge in [-0.25, -0.2) is 13.4 Å². The van der Waals surface area contributed by atoms with Crippen LogP contribution < -0.4 is 16.0 Å². The van der Waals surface area contributed by atoms with E-state index in [-0.39, 0.29) is 48.3 Å². The van der Waals surface area contributed by atoms with E-state index in [4.69, 9.17) is 0 Å². The van der Waals surface area contributed by atoms with Crippen LogP contribution in [0, 0.1) is 23.7 Å². The van der Waals surface area contributed by atoms with Gasteiger partial charge in [0, 0.05) is 36.8 Å². The quantitative estimate of drug-likeness (QED) is 0.125. The van der Waals surface area contributed by atoms with Crippen molar-refractivity contribution in [3.8, 4) is 0 Å². The van der Waals surface area contributed by atoms with Crippen LogP contribution in [0.25, 0.3) is 0 Å². The number of hydrogen-bond acceptors (Lipinski definition) is 6. The lowest BCUT2D eigenvalue weighted by Crippen LogP contribution is -2.53. The number of aromatic amines is 1. The molecule has 4 atom stereocenters. The molecular weight excluding hydrogens is 651 g/mol. The molecule has 3 amide bonds. The molecule has 1 aromatic heterocycles. The molecule has 0 bridgehead atoms. The van der Waals surface area contributed by atoms with Crippen LogP contribution in [-0.2, 0) is 37.1 Å². The van der Waals surface area contributed by atoms with E-state index in [1.54, 1.807) is 27.0 Å². The average molecular weight is 714 g/mol. The van der Waals surface area contributed by atoms with E-state index in [2.05, 4.69) is 46.7 Å². The SMILES string of the molecule is CCCCNC(=O)[C@@H](CCC(CC1CCCCC1)NC(=O)[C@H](Cc1cnc[nH]1)NC(=O)C(Cc1ccccc1)CS(=O)(=O)C(C)(C)C)C(C)C. The first-order chi connectivity index (χ1) is 23.7. The first-order valence-corrected chi connectivity index (χ1v) is 20.5. The number of benzene rings is 1. The molecule has 1 aliphatic rings. The second-order valence-corrected chi connectivity index (χ2v) is 18.4. The van der Waals surface area contributed by atoms with Gasteiger partial charge in [-0.15, -0.1) is 0 Å². The zero-order valence-electron chi connectivity index (χ0n) is 31.3. The molecule has 2 aromatic rings. The van der Waals surface area contributed by atoms with Crippen LogP contribution in [0.15, 0.2) is 42.9 Å². The van der Waals surface area contributed by atoms with Crippen molar-refractivity contribution in [2.24, 2.45) is 23.7 Å². The number of hydrogen-bond donors (Lipinski definition) is 4. The maximum Gasteiger partial charge on any atom is 0.243 e. The minimum Gasteiger partial charge on any atom is -0.356 e. The van der Waals surface area contributed by atoms with Crippen molar-refractivity contribution < 1.29 is 22.8 Å². The van der Waals surface area contributed by atoms with E-state index in [1.807, 2.05) is 30.3 Å². The van der Waals surface area contributed by atoms with Gasteiger partial charge in [0.25, 0.3) is 0 Å². The van der Waals surface area contributed by atoms with E-state index in [1.165, 1.54) is 25.6 Å². The van der Waals surface area contributed by atoms with Gasteiger partial charge in [0.05, 0.1) is 22.7 Å². The smallest absolute Gasteiger partial charge is 0.243 e. The summed E-state index contributed by atoms with van der Waals surface area (Å²) < 4.78 is 25.7. The monoisotopic (exact) mass is 713 g/mol. The van der Waals surface area contributed by atoms with E-state index >= 15 is 0 Å². The number of amides is 3. The number of imidazole rings is 1. The third kappa shape index (κ3) is 13.5. The highest BCUT2D eigenvalue weighted by Gasteiger charge is 2.36. The summed E-state index contributed by atoms with van der Waals surface area (Å²) in [6.07, 6.45) is 13.5. The molecule has 0 saturated heterocycles. The standard InChI is InChI=1S/C39H63N5O5S/c1-7-8-21-41-37(46)34(28(2)3)20-19-32(23-30-17-13-10-14-18-30)43-38(47)35(24-33-25-40-27-42-33)44-36(45)31(22-29-15-11-9-12-16-29)26-50(48,49)39(4,5)6/h9,11-12,15-16,25,27-28,30-32,34-35H,7-8,10,13-14,17-24,26H2,1-6H3,(H,40,42)(H,41,46)(H,43,47)(H,44,45)/t31?,32?,34-,35-/m0/s1. The maximum atomic E-state index is 14.2. The normalized spacial score (nSPS) is 16.7. The molecule has 2 unspecified atom stereocenters. The van der Waals surface area contributed by atoms with Crippen LogP contribution in [0.5, 0.6) is 0 Å². The van der Waals surface area contributed by atoms with Crippen molar-refractivity contribution in [1.82, 2.24) is 25.9 Å². The Morgan fingerprint density at radius 3 is 2.24 bits per heavy atom. The van der Waals surface area contributed by atoms with Crippen LogP contribution in [0.3, 0.4) is 0 Å². The van der Waals surface area contributed by atoms with Crippen LogP contribution in [0.4, 0.5) is 0 Å². The Morgan fingerprint density at radius 2 is 1.64 bits per heavy atom. The number of aromatic nitrogens is 2. The van der Waals surface area contributed by atoms with E-state index in [9.17, 15) is 22.8 Å². The van der Waals surface area contributed by atoms with Gasteiger partial charge in [-0.05, 0) is 70.3 Å². The van der Waals surface area contributed by atoms with Gasteiger partial charge >= 0.3 is 0 Å². The molecule has 1 heterocycles. The highest BCUT2D eigenvalue weighted by molar-refractivity contribution is 7.92. The van der Waals surface area contributed by atoms with E-state index < -0.39 is 32.5 Å². The zero-order valence-corrected chi connectivity index (χ0v) is 32.1. The summed E-state index contributed by atoms with van der Waals surface area (Å²) in [6.45, 7) is 11.8. The summed E-state index contributed by atoms with van der Waals surface area (Å²) in [4.78, 5) is 48.6. The first kappa shape index (κ1) is 41.2. The summed E-state index contributed by atoms with van der Waals surface area (Å²) in [5.74, 6) is -1.49. The van der Waals surface area contributed by atoms with Crippen molar-refractivity contribution in [2.75, 3.05) is 12.3 Å². The number of carbonyl (C=O) groups excluding carboxylic acids is 3. The molecule has 1 aromatic carbocycles. The van der Waals surface area contributed by atoms with Gasteiger partial charge in [-0.2, -0.15) is 0 Å². The second-order valence-electron chi connectivity index (χ2n) is 15.6. The van der Waals surface area contributed by atoms with Crippen molar-refractivity contribution >= 4 is 27.6 Å². The Balaban J connectivity index is 1.84. The summed E-state index contributed by atoms with van der Waals surface area (Å²) >= 11 is 0. The van der Waals surface area contributed by atoms with Gasteiger partial charge in [-0.3, -0.25) is 14.4 Å². The number of nitrogens with one attached hydrogen (secondary N) is 4. The fourth-order valence-electron chi connectivity index (χ4n) is 6.80. The number of nitrogens with zero attached hydrogens (tertiary/aromatic N) is 1. The van der Waals surface area contributed by atoms with Gasteiger partial charge in [0.15, 0.2) is 9.84 Å². The van der Waals surface area contributed by atoms with E-state index in [0.29, 0.717) is 31.0 Å². The first-order valence-electron chi connectivity index (χ1n) is 18.8. The van der Waals surface area contributed by atoms with Gasteiger partial charge in [0.1, 0.15) is 6.04 Å². The molecule has 4 N–H and O–H groups in total. The van der Waals surface area contributed by atoms with Crippen LogP contribution in [0.1, 0.15) is 117 Å². The summed E-state index contributed by atoms with van der Waals surface area (Å²) in [7, 11) is -3.65. The minimum absolute atomic E-state index is 0.0650. The third-order valence-electron chi connectivity index (χ3n) is 10.1. The average Bonchev–Trinajstić information content (AvgIpc) is 3.57. The molecule has 50 heavy (non-hydrogen) atoms. The molecule has 280 valence electrons. The number of rotatable bonds is 20. The molecule has 0 aliphatic heterocycles. The predicted octanol–water partition coefficient (Wildman–Crippen LogP) is 5.93. The van der Waals surface area contributed by atoms with Gasteiger partial charge < -0.3 is 20.9 Å². The molecule has 10 nitrogen and oxygen atoms in total. The summed E-state index contributed by atoms with van der Waals surface area (Å²) in [5.41, 5.74) is 1.53. The molecule has 1 saturated carbocycles. The van der Waals surface area contributed by atoms with Gasteiger partial charge in [0.2, 0.25) is 17.7 Å². The van der Waals surface area contributed by atoms with Crippen molar-refractivity contribution in [2.45, 2.75) is 135 Å². The lowest BCUT2D eigenvalue weighted by Gasteiger charge is -2.30. The lowest BCUT2D eigenvalue weighted by atomic mass is 9.82. The lowest BCUT2D eigenvalue weighted by molar-refractivity contribution is -0.131. The van der Waals surface area contributed by atoms with Crippen LogP contribution in [-0.4, -0.2) is 65.2 Å². The molecule has 0 radical (unpaired) electrons. The largest absolute Gasteiger partial charge is 0.356 e. The summed E-state index contributed by atoms with van der Waals surface area (Å²) in [5, 5.41) is 9.35. The zero-order chi connectivity index (χ0) is 36.7. The van der Waals surface area contributed by atoms with Gasteiger partial charge in [-0.1, -0.05) is 89.6 Å². The Labute approximate surface area is 301 Å². The molecule has 3 rings (SSSR count). The Hall–Kier alpha value is -3.21. The third-order valence-corrected chi connectivity index (χ3v) is 12.9. The van der Waals surface area contributed by atoms with E-state index in [0.717, 1.165) is 37.7 Å². The van der Waals surface area contributed by atoms with Crippen molar-refractivity contribution in [3.05, 3.63) is 54.1 Å². The molecular formula is C39H63N5O5S. The van der Waals surface area contributed by atoms with Crippen molar-refractivity contribution in [1.29, 1.82) is 0 Å². The van der Waals surface area contributed by atoms with Crippen molar-refractivity contribution in [3.63, 3.8) is 0 Å². The Morgan fingerprint density at radius 1 is 0.940 bits per heavy atom. The topological polar surface area (TPSA) is 150 Å². The highest BCUT2D eigenvalue weighted by atomic mass is 32.2.